The second kappa shape index (κ2) is 13.9. The lowest BCUT2D eigenvalue weighted by Crippen LogP contribution is -2.32. The number of allylic oxidation sites excluding steroid dienone is 4. The highest BCUT2D eigenvalue weighted by Crippen LogP contribution is 2.61. The molecule has 2 aliphatic rings. The zero-order chi connectivity index (χ0) is 41.1. The first-order valence-corrected chi connectivity index (χ1v) is 18.0. The van der Waals surface area contributed by atoms with Crippen LogP contribution in [0.4, 0.5) is 46.0 Å². The summed E-state index contributed by atoms with van der Waals surface area (Å²) < 4.78 is 62.7. The molecule has 7 rings (SSSR count). The maximum Gasteiger partial charge on any atom is 0.299 e. The molecule has 57 heavy (non-hydrogen) atoms. The minimum Gasteiger partial charge on any atom is -0.308 e. The summed E-state index contributed by atoms with van der Waals surface area (Å²) in [6.45, 7) is 13.6. The van der Waals surface area contributed by atoms with Crippen LogP contribution in [0.1, 0.15) is 63.4 Å². The molecular formula is C46H35F4N5O2. The summed E-state index contributed by atoms with van der Waals surface area (Å²) in [6, 6.07) is 29.8. The van der Waals surface area contributed by atoms with Gasteiger partial charge >= 0.3 is 0 Å². The van der Waals surface area contributed by atoms with Crippen LogP contribution in [0.25, 0.3) is 16.7 Å². The summed E-state index contributed by atoms with van der Waals surface area (Å²) in [6.07, 6.45) is 1.43. The molecule has 1 aliphatic heterocycles. The van der Waals surface area contributed by atoms with E-state index < -0.39 is 56.8 Å². The van der Waals surface area contributed by atoms with E-state index in [4.69, 9.17) is 0 Å². The number of fused-ring (bicyclic) bond motifs is 2. The highest BCUT2D eigenvalue weighted by atomic mass is 19.3. The minimum atomic E-state index is -4.40. The summed E-state index contributed by atoms with van der Waals surface area (Å²) in [5, 5.41) is 34.0. The number of hydrogen-bond donors (Lipinski definition) is 0. The van der Waals surface area contributed by atoms with Crippen LogP contribution >= 0.6 is 0 Å². The molecule has 5 aromatic carbocycles. The van der Waals surface area contributed by atoms with Gasteiger partial charge in [-0.15, -0.1) is 0 Å². The Morgan fingerprint density at radius 2 is 1.35 bits per heavy atom. The SMILES string of the molecule is C=C/C(=C\C1=C(C)N(c2c(C#N)c([N+](=O)[O-])c3c(c2C#N)C(F)(F)CC3(F)F)c2ccc(-c3c(C)cccc3C)cc2N1c1ccccc1)c1c(C)cccc1C. The van der Waals surface area contributed by atoms with Crippen LogP contribution in [0, 0.1) is 60.5 Å². The third kappa shape index (κ3) is 6.03. The number of alkyl halides is 4. The Kier molecular flexibility index (Phi) is 9.37. The molecule has 0 N–H and O–H groups in total. The van der Waals surface area contributed by atoms with Gasteiger partial charge in [-0.3, -0.25) is 10.1 Å². The molecule has 284 valence electrons. The highest BCUT2D eigenvalue weighted by molar-refractivity contribution is 5.97. The number of nitro groups is 1. The number of rotatable bonds is 7. The van der Waals surface area contributed by atoms with Crippen LogP contribution in [0.5, 0.6) is 0 Å². The average molecular weight is 766 g/mol. The molecular weight excluding hydrogens is 731 g/mol. The molecule has 1 aliphatic carbocycles. The van der Waals surface area contributed by atoms with Crippen molar-refractivity contribution in [1.29, 1.82) is 10.5 Å². The van der Waals surface area contributed by atoms with Gasteiger partial charge in [0.25, 0.3) is 17.5 Å². The van der Waals surface area contributed by atoms with E-state index in [0.717, 1.165) is 38.9 Å². The number of halogens is 4. The first-order chi connectivity index (χ1) is 27.1. The lowest BCUT2D eigenvalue weighted by molar-refractivity contribution is -0.387. The molecule has 0 aromatic heterocycles. The number of benzene rings is 5. The van der Waals surface area contributed by atoms with Crippen molar-refractivity contribution in [1.82, 2.24) is 0 Å². The fraction of sp³-hybridized carbons (Fsp3) is 0.174. The zero-order valence-corrected chi connectivity index (χ0v) is 31.7. The zero-order valence-electron chi connectivity index (χ0n) is 31.7. The Labute approximate surface area is 327 Å². The Bertz CT molecular complexity index is 2660. The average Bonchev–Trinajstić information content (AvgIpc) is 3.36. The van der Waals surface area contributed by atoms with Crippen LogP contribution < -0.4 is 9.80 Å². The molecule has 0 unspecified atom stereocenters. The van der Waals surface area contributed by atoms with Crippen molar-refractivity contribution in [2.24, 2.45) is 0 Å². The van der Waals surface area contributed by atoms with Gasteiger partial charge in [-0.05, 0) is 109 Å². The van der Waals surface area contributed by atoms with Crippen molar-refractivity contribution in [2.75, 3.05) is 9.80 Å². The Balaban J connectivity index is 1.69. The number of nitriles is 2. The van der Waals surface area contributed by atoms with Gasteiger partial charge in [-0.2, -0.15) is 10.5 Å². The van der Waals surface area contributed by atoms with Gasteiger partial charge in [-0.25, -0.2) is 17.6 Å². The first kappa shape index (κ1) is 38.3. The Morgan fingerprint density at radius 1 is 0.772 bits per heavy atom. The predicted molar refractivity (Wildman–Crippen MR) is 214 cm³/mol. The summed E-state index contributed by atoms with van der Waals surface area (Å²) in [7, 11) is 0. The summed E-state index contributed by atoms with van der Waals surface area (Å²) in [5.41, 5.74) is 2.12. The number of nitro benzene ring substituents is 1. The van der Waals surface area contributed by atoms with E-state index >= 15 is 17.6 Å². The monoisotopic (exact) mass is 765 g/mol. The summed E-state index contributed by atoms with van der Waals surface area (Å²) >= 11 is 0. The van der Waals surface area contributed by atoms with Gasteiger partial charge in [0.15, 0.2) is 5.56 Å². The molecule has 0 saturated heterocycles. The van der Waals surface area contributed by atoms with Crippen LogP contribution in [-0.2, 0) is 11.8 Å². The van der Waals surface area contributed by atoms with Crippen LogP contribution in [0.15, 0.2) is 115 Å². The molecule has 0 spiro atoms. The second-order valence-corrected chi connectivity index (χ2v) is 14.3. The van der Waals surface area contributed by atoms with E-state index in [1.165, 1.54) is 4.90 Å². The van der Waals surface area contributed by atoms with E-state index in [0.29, 0.717) is 22.6 Å². The normalized spacial score (nSPS) is 15.5. The molecule has 7 nitrogen and oxygen atoms in total. The molecule has 0 amide bonds. The molecule has 0 radical (unpaired) electrons. The molecule has 0 fully saturated rings. The van der Waals surface area contributed by atoms with E-state index in [1.807, 2.05) is 111 Å². The van der Waals surface area contributed by atoms with Gasteiger partial charge in [0.2, 0.25) is 0 Å². The standard InChI is InChI=1S/C46H35F4N5O2/c1-7-31(39-26(2)13-11-14-27(39)3)21-37-30(6)53(43-34(23-51)41-42(44(55(56)57)35(43)24-52)46(49,50)25-45(41,47)48)36-20-19-32(40-28(4)15-12-16-29(40)5)22-38(36)54(37)33-17-9-8-10-18-33/h7-22H,1,25H2,2-6H3/b31-21+. The number of nitrogens with zero attached hydrogens (tertiary/aromatic N) is 5. The maximum atomic E-state index is 15.9. The maximum absolute atomic E-state index is 15.9. The quantitative estimate of drug-likeness (QED) is 0.0708. The molecule has 11 heteroatoms. The third-order valence-corrected chi connectivity index (χ3v) is 10.7. The highest BCUT2D eigenvalue weighted by Gasteiger charge is 2.62. The minimum absolute atomic E-state index is 0.256. The van der Waals surface area contributed by atoms with Crippen LogP contribution in [-0.4, -0.2) is 4.92 Å². The van der Waals surface area contributed by atoms with E-state index in [2.05, 4.69) is 6.58 Å². The molecule has 0 saturated carbocycles. The molecule has 0 atom stereocenters. The lowest BCUT2D eigenvalue weighted by atomic mass is 9.90. The van der Waals surface area contributed by atoms with Crippen LogP contribution in [0.2, 0.25) is 0 Å². The Hall–Kier alpha value is -6.98. The van der Waals surface area contributed by atoms with E-state index in [1.54, 1.807) is 37.3 Å². The smallest absolute Gasteiger partial charge is 0.299 e. The fourth-order valence-corrected chi connectivity index (χ4v) is 8.39. The van der Waals surface area contributed by atoms with Gasteiger partial charge in [-0.1, -0.05) is 73.3 Å². The summed E-state index contributed by atoms with van der Waals surface area (Å²) in [4.78, 5) is 14.8. The van der Waals surface area contributed by atoms with Crippen molar-refractivity contribution in [3.05, 3.63) is 175 Å². The van der Waals surface area contributed by atoms with Crippen molar-refractivity contribution in [2.45, 2.75) is 52.9 Å². The van der Waals surface area contributed by atoms with Crippen LogP contribution in [0.3, 0.4) is 0 Å². The first-order valence-electron chi connectivity index (χ1n) is 18.0. The topological polar surface area (TPSA) is 97.2 Å². The van der Waals surface area contributed by atoms with Gasteiger partial charge < -0.3 is 9.80 Å². The largest absolute Gasteiger partial charge is 0.308 e. The van der Waals surface area contributed by atoms with Gasteiger partial charge in [0, 0.05) is 11.4 Å². The number of hydrogen-bond acceptors (Lipinski definition) is 6. The van der Waals surface area contributed by atoms with Crippen molar-refractivity contribution < 1.29 is 22.5 Å². The van der Waals surface area contributed by atoms with Gasteiger partial charge in [0.1, 0.15) is 17.7 Å². The van der Waals surface area contributed by atoms with Crippen molar-refractivity contribution in [3.63, 3.8) is 0 Å². The van der Waals surface area contributed by atoms with E-state index in [-0.39, 0.29) is 11.4 Å². The predicted octanol–water partition coefficient (Wildman–Crippen LogP) is 12.6. The second-order valence-electron chi connectivity index (χ2n) is 14.3. The van der Waals surface area contributed by atoms with Gasteiger partial charge in [0.05, 0.1) is 45.2 Å². The van der Waals surface area contributed by atoms with Crippen molar-refractivity contribution >= 4 is 34.0 Å². The van der Waals surface area contributed by atoms with Crippen molar-refractivity contribution in [3.8, 4) is 23.3 Å². The Morgan fingerprint density at radius 3 is 1.91 bits per heavy atom. The fourth-order valence-electron chi connectivity index (χ4n) is 8.39. The summed E-state index contributed by atoms with van der Waals surface area (Å²) in [5.74, 6) is -8.73. The lowest BCUT2D eigenvalue weighted by Gasteiger charge is -2.41. The number of aryl methyl sites for hydroxylation is 4. The number of para-hydroxylation sites is 1. The third-order valence-electron chi connectivity index (χ3n) is 10.7. The molecule has 0 bridgehead atoms. The molecule has 5 aromatic rings. The molecule has 1 heterocycles. The van der Waals surface area contributed by atoms with E-state index in [9.17, 15) is 20.6 Å². The number of anilines is 4.